The first-order valence-electron chi connectivity index (χ1n) is 9.45. The van der Waals surface area contributed by atoms with E-state index in [1.54, 1.807) is 0 Å². The van der Waals surface area contributed by atoms with Gasteiger partial charge in [-0.15, -0.1) is 0 Å². The van der Waals surface area contributed by atoms with Crippen molar-refractivity contribution in [3.63, 3.8) is 0 Å². The molecule has 138 valence electrons. The summed E-state index contributed by atoms with van der Waals surface area (Å²) in [5.74, 6) is 0.992. The summed E-state index contributed by atoms with van der Waals surface area (Å²) in [6.45, 7) is 7.59. The van der Waals surface area contributed by atoms with Crippen LogP contribution >= 0.6 is 0 Å². The molecule has 0 unspecified atom stereocenters. The Bertz CT molecular complexity index is 736. The van der Waals surface area contributed by atoms with Crippen LogP contribution in [0.1, 0.15) is 30.9 Å². The lowest BCUT2D eigenvalue weighted by Gasteiger charge is -2.31. The standard InChI is InChI=1S/C22H28N2O2/c1-3-26-21-9-5-8-20(15-21)23-22(25)19-10-12-24(13-11-19)16-18-7-4-6-17(2)14-18/h4-9,14-15,19H,3,10-13,16H2,1-2H3,(H,23,25). The van der Waals surface area contributed by atoms with E-state index >= 15 is 0 Å². The van der Waals surface area contributed by atoms with Crippen LogP contribution in [-0.2, 0) is 11.3 Å². The normalized spacial score (nSPS) is 15.6. The van der Waals surface area contributed by atoms with E-state index in [-0.39, 0.29) is 11.8 Å². The van der Waals surface area contributed by atoms with Crippen molar-refractivity contribution >= 4 is 11.6 Å². The highest BCUT2D eigenvalue weighted by atomic mass is 16.5. The first kappa shape index (κ1) is 18.5. The molecule has 2 aromatic carbocycles. The highest BCUT2D eigenvalue weighted by molar-refractivity contribution is 5.92. The Balaban J connectivity index is 1.49. The summed E-state index contributed by atoms with van der Waals surface area (Å²) in [5.41, 5.74) is 3.45. The minimum Gasteiger partial charge on any atom is -0.494 e. The number of hydrogen-bond donors (Lipinski definition) is 1. The van der Waals surface area contributed by atoms with E-state index in [2.05, 4.69) is 41.4 Å². The van der Waals surface area contributed by atoms with Gasteiger partial charge in [0, 0.05) is 24.2 Å². The first-order chi connectivity index (χ1) is 12.6. The summed E-state index contributed by atoms with van der Waals surface area (Å²) >= 11 is 0. The third-order valence-corrected chi connectivity index (χ3v) is 4.86. The maximum absolute atomic E-state index is 12.6. The van der Waals surface area contributed by atoms with Crippen molar-refractivity contribution in [2.45, 2.75) is 33.2 Å². The smallest absolute Gasteiger partial charge is 0.227 e. The largest absolute Gasteiger partial charge is 0.494 e. The number of nitrogens with one attached hydrogen (secondary N) is 1. The van der Waals surface area contributed by atoms with Crippen LogP contribution in [0.5, 0.6) is 5.75 Å². The van der Waals surface area contributed by atoms with Crippen LogP contribution < -0.4 is 10.1 Å². The van der Waals surface area contributed by atoms with Gasteiger partial charge >= 0.3 is 0 Å². The van der Waals surface area contributed by atoms with Crippen molar-refractivity contribution in [2.24, 2.45) is 5.92 Å². The number of anilines is 1. The van der Waals surface area contributed by atoms with Crippen LogP contribution in [0.3, 0.4) is 0 Å². The zero-order valence-corrected chi connectivity index (χ0v) is 15.7. The molecule has 0 aromatic heterocycles. The highest BCUT2D eigenvalue weighted by Crippen LogP contribution is 2.23. The van der Waals surface area contributed by atoms with Gasteiger partial charge in [-0.05, 0) is 57.5 Å². The molecular weight excluding hydrogens is 324 g/mol. The van der Waals surface area contributed by atoms with Crippen molar-refractivity contribution in [3.8, 4) is 5.75 Å². The van der Waals surface area contributed by atoms with Crippen LogP contribution in [0.15, 0.2) is 48.5 Å². The fourth-order valence-corrected chi connectivity index (χ4v) is 3.50. The summed E-state index contributed by atoms with van der Waals surface area (Å²) in [4.78, 5) is 15.0. The molecule has 0 radical (unpaired) electrons. The van der Waals surface area contributed by atoms with E-state index in [1.165, 1.54) is 11.1 Å². The molecule has 1 aliphatic rings. The van der Waals surface area contributed by atoms with Crippen LogP contribution in [0.2, 0.25) is 0 Å². The number of carbonyl (C=O) groups is 1. The maximum Gasteiger partial charge on any atom is 0.227 e. The summed E-state index contributed by atoms with van der Waals surface area (Å²) in [6.07, 6.45) is 1.81. The quantitative estimate of drug-likeness (QED) is 0.845. The van der Waals surface area contributed by atoms with Crippen molar-refractivity contribution in [1.82, 2.24) is 4.90 Å². The number of ether oxygens (including phenoxy) is 1. The van der Waals surface area contributed by atoms with E-state index in [9.17, 15) is 4.79 Å². The minimum atomic E-state index is 0.0829. The molecule has 1 aliphatic heterocycles. The predicted octanol–water partition coefficient (Wildman–Crippen LogP) is 4.24. The Kier molecular flexibility index (Phi) is 6.29. The van der Waals surface area contributed by atoms with E-state index < -0.39 is 0 Å². The molecule has 1 saturated heterocycles. The van der Waals surface area contributed by atoms with Gasteiger partial charge in [-0.2, -0.15) is 0 Å². The molecule has 4 nitrogen and oxygen atoms in total. The van der Waals surface area contributed by atoms with Gasteiger partial charge in [-0.25, -0.2) is 0 Å². The lowest BCUT2D eigenvalue weighted by Crippen LogP contribution is -2.37. The predicted molar refractivity (Wildman–Crippen MR) is 105 cm³/mol. The third-order valence-electron chi connectivity index (χ3n) is 4.86. The van der Waals surface area contributed by atoms with E-state index in [0.29, 0.717) is 6.61 Å². The zero-order chi connectivity index (χ0) is 18.4. The number of hydrogen-bond acceptors (Lipinski definition) is 3. The van der Waals surface area contributed by atoms with Gasteiger partial charge in [0.2, 0.25) is 5.91 Å². The van der Waals surface area contributed by atoms with Gasteiger partial charge in [0.25, 0.3) is 0 Å². The number of rotatable bonds is 6. The van der Waals surface area contributed by atoms with Gasteiger partial charge < -0.3 is 10.1 Å². The Morgan fingerprint density at radius 3 is 2.65 bits per heavy atom. The SMILES string of the molecule is CCOc1cccc(NC(=O)C2CCN(Cc3cccc(C)c3)CC2)c1. The molecule has 26 heavy (non-hydrogen) atoms. The molecule has 0 spiro atoms. The molecule has 1 fully saturated rings. The fourth-order valence-electron chi connectivity index (χ4n) is 3.50. The van der Waals surface area contributed by atoms with Crippen LogP contribution in [0.4, 0.5) is 5.69 Å². The average Bonchev–Trinajstić information content (AvgIpc) is 2.63. The second-order valence-electron chi connectivity index (χ2n) is 6.99. The van der Waals surface area contributed by atoms with Gasteiger partial charge in [0.1, 0.15) is 5.75 Å². The van der Waals surface area contributed by atoms with Crippen molar-refractivity contribution in [2.75, 3.05) is 25.0 Å². The monoisotopic (exact) mass is 352 g/mol. The van der Waals surface area contributed by atoms with Crippen LogP contribution in [0.25, 0.3) is 0 Å². The van der Waals surface area contributed by atoms with Gasteiger partial charge in [0.15, 0.2) is 0 Å². The van der Waals surface area contributed by atoms with Gasteiger partial charge in [-0.3, -0.25) is 9.69 Å². The number of amides is 1. The van der Waals surface area contributed by atoms with E-state index in [1.807, 2.05) is 31.2 Å². The molecular formula is C22H28N2O2. The van der Waals surface area contributed by atoms with Crippen molar-refractivity contribution in [3.05, 3.63) is 59.7 Å². The molecule has 0 atom stereocenters. The summed E-state index contributed by atoms with van der Waals surface area (Å²) in [5, 5.41) is 3.04. The number of likely N-dealkylation sites (tertiary alicyclic amines) is 1. The molecule has 1 amide bonds. The lowest BCUT2D eigenvalue weighted by atomic mass is 9.95. The highest BCUT2D eigenvalue weighted by Gasteiger charge is 2.25. The molecule has 4 heteroatoms. The molecule has 0 saturated carbocycles. The van der Waals surface area contributed by atoms with E-state index in [4.69, 9.17) is 4.74 Å². The third kappa shape index (κ3) is 5.09. The topological polar surface area (TPSA) is 41.6 Å². The Morgan fingerprint density at radius 1 is 1.15 bits per heavy atom. The maximum atomic E-state index is 12.6. The Hall–Kier alpha value is -2.33. The van der Waals surface area contributed by atoms with Crippen LogP contribution in [-0.4, -0.2) is 30.5 Å². The molecule has 0 bridgehead atoms. The van der Waals surface area contributed by atoms with Gasteiger partial charge in [-0.1, -0.05) is 35.9 Å². The zero-order valence-electron chi connectivity index (χ0n) is 15.7. The van der Waals surface area contributed by atoms with E-state index in [0.717, 1.165) is 43.9 Å². The molecule has 2 aromatic rings. The Morgan fingerprint density at radius 2 is 1.92 bits per heavy atom. The number of aryl methyl sites for hydroxylation is 1. The Labute approximate surface area is 156 Å². The van der Waals surface area contributed by atoms with Gasteiger partial charge in [0.05, 0.1) is 6.61 Å². The lowest BCUT2D eigenvalue weighted by molar-refractivity contribution is -0.121. The minimum absolute atomic E-state index is 0.0829. The number of nitrogens with zero attached hydrogens (tertiary/aromatic N) is 1. The summed E-state index contributed by atoms with van der Waals surface area (Å²) in [6, 6.07) is 16.3. The fraction of sp³-hybridized carbons (Fsp3) is 0.409. The number of carbonyl (C=O) groups excluding carboxylic acids is 1. The first-order valence-corrected chi connectivity index (χ1v) is 9.45. The second kappa shape index (κ2) is 8.86. The van der Waals surface area contributed by atoms with Crippen molar-refractivity contribution < 1.29 is 9.53 Å². The average molecular weight is 352 g/mol. The number of benzene rings is 2. The summed E-state index contributed by atoms with van der Waals surface area (Å²) in [7, 11) is 0. The number of piperidine rings is 1. The molecule has 3 rings (SSSR count). The molecule has 1 heterocycles. The van der Waals surface area contributed by atoms with Crippen LogP contribution in [0, 0.1) is 12.8 Å². The summed E-state index contributed by atoms with van der Waals surface area (Å²) < 4.78 is 5.49. The van der Waals surface area contributed by atoms with Crippen molar-refractivity contribution in [1.29, 1.82) is 0 Å². The molecule has 1 N–H and O–H groups in total. The molecule has 0 aliphatic carbocycles. The second-order valence-corrected chi connectivity index (χ2v) is 6.99.